The quantitative estimate of drug-likeness (QED) is 0.701. The number of hydrogen-bond donors (Lipinski definition) is 2. The number of aromatic carboxylic acids is 1. The van der Waals surface area contributed by atoms with Gasteiger partial charge in [0.25, 0.3) is 5.91 Å². The zero-order chi connectivity index (χ0) is 13.7. The van der Waals surface area contributed by atoms with Gasteiger partial charge < -0.3 is 19.7 Å². The number of nitrogens with zero attached hydrogens (tertiary/aromatic N) is 2. The van der Waals surface area contributed by atoms with Crippen LogP contribution in [-0.4, -0.2) is 58.0 Å². The summed E-state index contributed by atoms with van der Waals surface area (Å²) in [5.41, 5.74) is -0.551. The minimum Gasteiger partial charge on any atom is -0.477 e. The summed E-state index contributed by atoms with van der Waals surface area (Å²) in [6.45, 7) is 1.60. The number of rotatable bonds is 5. The number of carbonyl (C=O) groups is 3. The molecule has 0 saturated heterocycles. The maximum atomic E-state index is 11.8. The summed E-state index contributed by atoms with van der Waals surface area (Å²) < 4.78 is 4.68. The second-order valence-corrected chi connectivity index (χ2v) is 3.40. The first kappa shape index (κ1) is 13.7. The van der Waals surface area contributed by atoms with Crippen LogP contribution in [0.4, 0.5) is 0 Å². The minimum atomic E-state index is -1.29. The standard InChI is InChI=1S/C10H13N3O5/c1-3-18-6(14)4-13(2)9(15)7-8(10(16)17)12-5-11-7/h5H,3-4H2,1-2H3,(H,11,12)(H,16,17). The zero-order valence-electron chi connectivity index (χ0n) is 9.97. The number of nitrogens with one attached hydrogen (secondary N) is 1. The van der Waals surface area contributed by atoms with Gasteiger partial charge in [0, 0.05) is 7.05 Å². The molecule has 1 heterocycles. The van der Waals surface area contributed by atoms with Crippen LogP contribution in [0.2, 0.25) is 0 Å². The largest absolute Gasteiger partial charge is 0.477 e. The molecule has 0 aliphatic rings. The second kappa shape index (κ2) is 5.80. The fraction of sp³-hybridized carbons (Fsp3) is 0.400. The summed E-state index contributed by atoms with van der Waals surface area (Å²) in [5, 5.41) is 8.82. The number of esters is 1. The Bertz CT molecular complexity index is 468. The molecule has 8 nitrogen and oxygen atoms in total. The maximum Gasteiger partial charge on any atom is 0.354 e. The molecule has 2 N–H and O–H groups in total. The van der Waals surface area contributed by atoms with Gasteiger partial charge in [0.2, 0.25) is 0 Å². The average molecular weight is 255 g/mol. The van der Waals surface area contributed by atoms with E-state index in [0.717, 1.165) is 11.2 Å². The van der Waals surface area contributed by atoms with Crippen molar-refractivity contribution < 1.29 is 24.2 Å². The first-order chi connectivity index (χ1) is 8.47. The van der Waals surface area contributed by atoms with Gasteiger partial charge in [-0.25, -0.2) is 9.78 Å². The van der Waals surface area contributed by atoms with Crippen LogP contribution in [0, 0.1) is 0 Å². The molecule has 0 fully saturated rings. The van der Waals surface area contributed by atoms with E-state index in [9.17, 15) is 14.4 Å². The molecule has 0 spiro atoms. The summed E-state index contributed by atoms with van der Waals surface area (Å²) in [5.74, 6) is -2.53. The number of ether oxygens (including phenoxy) is 1. The Morgan fingerprint density at radius 2 is 2.17 bits per heavy atom. The van der Waals surface area contributed by atoms with Gasteiger partial charge in [-0.15, -0.1) is 0 Å². The molecule has 0 aliphatic heterocycles. The third kappa shape index (κ3) is 3.06. The highest BCUT2D eigenvalue weighted by Gasteiger charge is 2.23. The fourth-order valence-electron chi connectivity index (χ4n) is 1.27. The Labute approximate surface area is 103 Å². The van der Waals surface area contributed by atoms with E-state index >= 15 is 0 Å². The van der Waals surface area contributed by atoms with Crippen LogP contribution < -0.4 is 0 Å². The molecule has 0 aromatic carbocycles. The molecule has 1 amide bonds. The van der Waals surface area contributed by atoms with Crippen molar-refractivity contribution >= 4 is 17.8 Å². The first-order valence-corrected chi connectivity index (χ1v) is 5.15. The number of likely N-dealkylation sites (N-methyl/N-ethyl adjacent to an activating group) is 1. The van der Waals surface area contributed by atoms with E-state index < -0.39 is 17.8 Å². The number of carboxylic acids is 1. The Morgan fingerprint density at radius 1 is 1.50 bits per heavy atom. The lowest BCUT2D eigenvalue weighted by Gasteiger charge is -2.14. The third-order valence-electron chi connectivity index (χ3n) is 2.07. The van der Waals surface area contributed by atoms with E-state index in [4.69, 9.17) is 5.11 Å². The van der Waals surface area contributed by atoms with Crippen LogP contribution in [-0.2, 0) is 9.53 Å². The summed E-state index contributed by atoms with van der Waals surface area (Å²) in [6, 6.07) is 0. The Kier molecular flexibility index (Phi) is 4.41. The van der Waals surface area contributed by atoms with Crippen molar-refractivity contribution in [2.75, 3.05) is 20.2 Å². The van der Waals surface area contributed by atoms with Crippen molar-refractivity contribution in [3.05, 3.63) is 17.7 Å². The monoisotopic (exact) mass is 255 g/mol. The van der Waals surface area contributed by atoms with E-state index in [1.165, 1.54) is 7.05 Å². The van der Waals surface area contributed by atoms with Crippen molar-refractivity contribution in [3.8, 4) is 0 Å². The number of carboxylic acid groups (broad SMARTS) is 1. The summed E-state index contributed by atoms with van der Waals surface area (Å²) >= 11 is 0. The molecule has 0 unspecified atom stereocenters. The molecule has 1 aromatic rings. The maximum absolute atomic E-state index is 11.8. The number of carbonyl (C=O) groups excluding carboxylic acids is 2. The van der Waals surface area contributed by atoms with Crippen LogP contribution in [0.15, 0.2) is 6.33 Å². The van der Waals surface area contributed by atoms with E-state index in [-0.39, 0.29) is 24.5 Å². The van der Waals surface area contributed by atoms with Crippen LogP contribution in [0.25, 0.3) is 0 Å². The van der Waals surface area contributed by atoms with Crippen LogP contribution in [0.1, 0.15) is 27.9 Å². The van der Waals surface area contributed by atoms with Gasteiger partial charge in [-0.05, 0) is 6.92 Å². The highest BCUT2D eigenvalue weighted by atomic mass is 16.5. The summed E-state index contributed by atoms with van der Waals surface area (Å²) in [7, 11) is 1.36. The lowest BCUT2D eigenvalue weighted by molar-refractivity contribution is -0.143. The summed E-state index contributed by atoms with van der Waals surface area (Å²) in [6.07, 6.45) is 1.11. The smallest absolute Gasteiger partial charge is 0.354 e. The molecule has 0 aliphatic carbocycles. The number of amides is 1. The summed E-state index contributed by atoms with van der Waals surface area (Å²) in [4.78, 5) is 40.8. The Hall–Kier alpha value is -2.38. The van der Waals surface area contributed by atoms with Crippen molar-refractivity contribution in [1.29, 1.82) is 0 Å². The zero-order valence-corrected chi connectivity index (χ0v) is 9.97. The van der Waals surface area contributed by atoms with Gasteiger partial charge in [-0.2, -0.15) is 0 Å². The number of aromatic nitrogens is 2. The second-order valence-electron chi connectivity index (χ2n) is 3.40. The van der Waals surface area contributed by atoms with E-state index in [1.807, 2.05) is 0 Å². The normalized spacial score (nSPS) is 9.89. The van der Waals surface area contributed by atoms with Gasteiger partial charge in [0.05, 0.1) is 12.9 Å². The molecule has 0 radical (unpaired) electrons. The topological polar surface area (TPSA) is 113 Å². The van der Waals surface area contributed by atoms with Gasteiger partial charge in [0.1, 0.15) is 6.54 Å². The van der Waals surface area contributed by atoms with Crippen molar-refractivity contribution in [3.63, 3.8) is 0 Å². The Morgan fingerprint density at radius 3 is 2.72 bits per heavy atom. The Balaban J connectivity index is 2.77. The van der Waals surface area contributed by atoms with Crippen LogP contribution >= 0.6 is 0 Å². The van der Waals surface area contributed by atoms with Gasteiger partial charge >= 0.3 is 11.9 Å². The fourth-order valence-corrected chi connectivity index (χ4v) is 1.27. The molecule has 0 bridgehead atoms. The predicted octanol–water partition coefficient (Wildman–Crippen LogP) is -0.257. The highest BCUT2D eigenvalue weighted by Crippen LogP contribution is 2.06. The number of aromatic amines is 1. The van der Waals surface area contributed by atoms with Gasteiger partial charge in [0.15, 0.2) is 11.4 Å². The van der Waals surface area contributed by atoms with Gasteiger partial charge in [-0.1, -0.05) is 0 Å². The molecule has 0 atom stereocenters. The van der Waals surface area contributed by atoms with Crippen molar-refractivity contribution in [2.45, 2.75) is 6.92 Å². The molecular weight excluding hydrogens is 242 g/mol. The molecule has 1 rings (SSSR count). The third-order valence-corrected chi connectivity index (χ3v) is 2.07. The van der Waals surface area contributed by atoms with E-state index in [2.05, 4.69) is 14.7 Å². The van der Waals surface area contributed by atoms with Crippen LogP contribution in [0.3, 0.4) is 0 Å². The SMILES string of the molecule is CCOC(=O)CN(C)C(=O)c1nc[nH]c1C(=O)O. The van der Waals surface area contributed by atoms with Crippen molar-refractivity contribution in [2.24, 2.45) is 0 Å². The number of H-pyrrole nitrogens is 1. The predicted molar refractivity (Wildman–Crippen MR) is 59.1 cm³/mol. The number of hydrogen-bond acceptors (Lipinski definition) is 5. The first-order valence-electron chi connectivity index (χ1n) is 5.15. The van der Waals surface area contributed by atoms with Crippen molar-refractivity contribution in [1.82, 2.24) is 14.9 Å². The van der Waals surface area contributed by atoms with Gasteiger partial charge in [-0.3, -0.25) is 9.59 Å². The lowest BCUT2D eigenvalue weighted by Crippen LogP contribution is -2.34. The van der Waals surface area contributed by atoms with E-state index in [0.29, 0.717) is 0 Å². The molecule has 18 heavy (non-hydrogen) atoms. The number of imidazole rings is 1. The van der Waals surface area contributed by atoms with Crippen LogP contribution in [0.5, 0.6) is 0 Å². The minimum absolute atomic E-state index is 0.212. The molecule has 1 aromatic heterocycles. The van der Waals surface area contributed by atoms with E-state index in [1.54, 1.807) is 6.92 Å². The molecule has 98 valence electrons. The average Bonchev–Trinajstić information content (AvgIpc) is 2.76. The molecule has 0 saturated carbocycles. The highest BCUT2D eigenvalue weighted by molar-refractivity contribution is 6.02. The lowest BCUT2D eigenvalue weighted by atomic mass is 10.3. The molecular formula is C10H13N3O5. The molecule has 8 heteroatoms.